The Bertz CT molecular complexity index is 690. The number of carbonyl (C=O) groups excluding carboxylic acids is 1. The molecule has 1 aliphatic heterocycles. The van der Waals surface area contributed by atoms with Crippen molar-refractivity contribution in [3.05, 3.63) is 36.3 Å². The van der Waals surface area contributed by atoms with E-state index in [1.54, 1.807) is 13.2 Å². The summed E-state index contributed by atoms with van der Waals surface area (Å²) in [5.41, 5.74) is -1.07. The van der Waals surface area contributed by atoms with Gasteiger partial charge in [0, 0.05) is 17.3 Å². The average Bonchev–Trinajstić information content (AvgIpc) is 2.80. The van der Waals surface area contributed by atoms with E-state index in [4.69, 9.17) is 4.42 Å². The summed E-state index contributed by atoms with van der Waals surface area (Å²) >= 11 is 0. The van der Waals surface area contributed by atoms with Gasteiger partial charge in [-0.05, 0) is 13.3 Å². The first-order valence-electron chi connectivity index (χ1n) is 6.51. The van der Waals surface area contributed by atoms with Crippen molar-refractivity contribution in [3.63, 3.8) is 0 Å². The Labute approximate surface area is 115 Å². The maximum absolute atomic E-state index is 12.3. The molecule has 0 radical (unpaired) electrons. The van der Waals surface area contributed by atoms with Crippen molar-refractivity contribution >= 4 is 22.6 Å². The molecule has 1 aromatic carbocycles. The molecule has 1 aliphatic rings. The summed E-state index contributed by atoms with van der Waals surface area (Å²) in [5.74, 6) is -0.576. The number of nitrogens with zero attached hydrogens (tertiary/aromatic N) is 1. The van der Waals surface area contributed by atoms with Gasteiger partial charge in [-0.2, -0.15) is 0 Å². The molecule has 1 N–H and O–H groups in total. The minimum absolute atomic E-state index is 0.0936. The summed E-state index contributed by atoms with van der Waals surface area (Å²) in [6.45, 7) is 2.07. The minimum atomic E-state index is -1.07. The molecule has 1 amide bonds. The number of furan rings is 1. The fourth-order valence-electron chi connectivity index (χ4n) is 2.60. The van der Waals surface area contributed by atoms with Gasteiger partial charge in [0.25, 0.3) is 0 Å². The van der Waals surface area contributed by atoms with Crippen molar-refractivity contribution in [1.82, 2.24) is 4.90 Å². The van der Waals surface area contributed by atoms with E-state index in [1.165, 1.54) is 4.90 Å². The highest BCUT2D eigenvalue weighted by molar-refractivity contribution is 5.92. The monoisotopic (exact) mass is 273 g/mol. The van der Waals surface area contributed by atoms with Crippen LogP contribution >= 0.6 is 0 Å². The van der Waals surface area contributed by atoms with Gasteiger partial charge in [-0.3, -0.25) is 4.79 Å². The second-order valence-electron chi connectivity index (χ2n) is 5.30. The molecule has 0 aliphatic carbocycles. The molecule has 1 aromatic heterocycles. The lowest BCUT2D eigenvalue weighted by Crippen LogP contribution is -2.64. The standard InChI is InChI=1S/C15H15NO4/c1-15(14(18)19)6-7-16(15)13(17)8-12-11-5-3-2-4-10(11)9-20-12/h2-5,9H,6-8H2,1H3,(H,18,19). The van der Waals surface area contributed by atoms with Crippen LogP contribution in [-0.2, 0) is 16.0 Å². The predicted molar refractivity (Wildman–Crippen MR) is 72.3 cm³/mol. The Morgan fingerprint density at radius 1 is 1.40 bits per heavy atom. The topological polar surface area (TPSA) is 70.8 Å². The van der Waals surface area contributed by atoms with Gasteiger partial charge in [0.2, 0.25) is 5.91 Å². The molecule has 2 heterocycles. The van der Waals surface area contributed by atoms with E-state index in [1.807, 2.05) is 24.3 Å². The van der Waals surface area contributed by atoms with Crippen molar-refractivity contribution in [2.45, 2.75) is 25.3 Å². The quantitative estimate of drug-likeness (QED) is 0.929. The van der Waals surface area contributed by atoms with E-state index in [0.717, 1.165) is 10.8 Å². The highest BCUT2D eigenvalue weighted by Crippen LogP contribution is 2.32. The van der Waals surface area contributed by atoms with E-state index in [0.29, 0.717) is 18.7 Å². The van der Waals surface area contributed by atoms with E-state index in [-0.39, 0.29) is 12.3 Å². The summed E-state index contributed by atoms with van der Waals surface area (Å²) in [6.07, 6.45) is 2.20. The number of hydrogen-bond acceptors (Lipinski definition) is 3. The van der Waals surface area contributed by atoms with Crippen molar-refractivity contribution in [2.24, 2.45) is 0 Å². The Morgan fingerprint density at radius 3 is 2.80 bits per heavy atom. The maximum Gasteiger partial charge on any atom is 0.329 e. The first-order valence-corrected chi connectivity index (χ1v) is 6.51. The molecule has 1 atom stereocenters. The van der Waals surface area contributed by atoms with Crippen molar-refractivity contribution in [3.8, 4) is 0 Å². The number of carboxylic acids is 1. The largest absolute Gasteiger partial charge is 0.480 e. The van der Waals surface area contributed by atoms with Crippen LogP contribution in [0.3, 0.4) is 0 Å². The second-order valence-corrected chi connectivity index (χ2v) is 5.30. The highest BCUT2D eigenvalue weighted by atomic mass is 16.4. The van der Waals surface area contributed by atoms with E-state index >= 15 is 0 Å². The van der Waals surface area contributed by atoms with Crippen LogP contribution in [0, 0.1) is 0 Å². The summed E-state index contributed by atoms with van der Waals surface area (Å²) < 4.78 is 5.44. The lowest BCUT2D eigenvalue weighted by molar-refractivity contribution is -0.168. The lowest BCUT2D eigenvalue weighted by Gasteiger charge is -2.47. The Balaban J connectivity index is 1.82. The SMILES string of the molecule is CC1(C(=O)O)CCN1C(=O)Cc1occ2ccccc12. The first-order chi connectivity index (χ1) is 9.52. The normalized spacial score (nSPS) is 21.8. The van der Waals surface area contributed by atoms with Crippen molar-refractivity contribution in [2.75, 3.05) is 6.54 Å². The molecule has 1 fully saturated rings. The highest BCUT2D eigenvalue weighted by Gasteiger charge is 2.49. The third-order valence-electron chi connectivity index (χ3n) is 4.08. The zero-order valence-corrected chi connectivity index (χ0v) is 11.1. The maximum atomic E-state index is 12.3. The summed E-state index contributed by atoms with van der Waals surface area (Å²) in [4.78, 5) is 24.9. The molecule has 0 saturated carbocycles. The van der Waals surface area contributed by atoms with Gasteiger partial charge in [0.15, 0.2) is 0 Å². The van der Waals surface area contributed by atoms with Crippen LogP contribution in [0.25, 0.3) is 10.8 Å². The molecule has 2 aromatic rings. The Kier molecular flexibility index (Phi) is 2.78. The number of hydrogen-bond donors (Lipinski definition) is 1. The predicted octanol–water partition coefficient (Wildman–Crippen LogP) is 2.05. The molecular formula is C15H15NO4. The number of benzene rings is 1. The average molecular weight is 273 g/mol. The zero-order chi connectivity index (χ0) is 14.3. The third-order valence-corrected chi connectivity index (χ3v) is 4.08. The number of aliphatic carboxylic acids is 1. The van der Waals surface area contributed by atoms with Gasteiger partial charge in [-0.15, -0.1) is 0 Å². The van der Waals surface area contributed by atoms with Crippen molar-refractivity contribution < 1.29 is 19.1 Å². The summed E-state index contributed by atoms with van der Waals surface area (Å²) in [6, 6.07) is 7.60. The fraction of sp³-hybridized carbons (Fsp3) is 0.333. The zero-order valence-electron chi connectivity index (χ0n) is 11.1. The fourth-order valence-corrected chi connectivity index (χ4v) is 2.60. The lowest BCUT2D eigenvalue weighted by atomic mass is 9.86. The molecule has 104 valence electrons. The van der Waals surface area contributed by atoms with Gasteiger partial charge in [-0.25, -0.2) is 4.79 Å². The number of amides is 1. The summed E-state index contributed by atoms with van der Waals surface area (Å²) in [5, 5.41) is 11.0. The number of carbonyl (C=O) groups is 2. The molecule has 20 heavy (non-hydrogen) atoms. The number of fused-ring (bicyclic) bond motifs is 1. The number of likely N-dealkylation sites (tertiary alicyclic amines) is 1. The molecule has 0 bridgehead atoms. The van der Waals surface area contributed by atoms with E-state index < -0.39 is 11.5 Å². The van der Waals surface area contributed by atoms with Crippen LogP contribution in [0.15, 0.2) is 34.9 Å². The molecular weight excluding hydrogens is 258 g/mol. The van der Waals surface area contributed by atoms with Gasteiger partial charge < -0.3 is 14.4 Å². The Hall–Kier alpha value is -2.30. The molecule has 1 unspecified atom stereocenters. The molecule has 1 saturated heterocycles. The summed E-state index contributed by atoms with van der Waals surface area (Å²) in [7, 11) is 0. The third kappa shape index (κ3) is 1.78. The van der Waals surface area contributed by atoms with Gasteiger partial charge >= 0.3 is 5.97 Å². The second kappa shape index (κ2) is 4.37. The molecule has 5 heteroatoms. The van der Waals surface area contributed by atoms with Crippen LogP contribution in [0.5, 0.6) is 0 Å². The van der Waals surface area contributed by atoms with E-state index in [9.17, 15) is 14.7 Å². The number of carboxylic acid groups (broad SMARTS) is 1. The molecule has 0 spiro atoms. The van der Waals surface area contributed by atoms with Gasteiger partial charge in [0.05, 0.1) is 12.7 Å². The van der Waals surface area contributed by atoms with Gasteiger partial charge in [-0.1, -0.05) is 24.3 Å². The molecule has 3 rings (SSSR count). The van der Waals surface area contributed by atoms with Crippen LogP contribution in [0.1, 0.15) is 19.1 Å². The number of rotatable bonds is 3. The smallest absolute Gasteiger partial charge is 0.329 e. The van der Waals surface area contributed by atoms with E-state index in [2.05, 4.69) is 0 Å². The van der Waals surface area contributed by atoms with Crippen LogP contribution in [0.2, 0.25) is 0 Å². The van der Waals surface area contributed by atoms with Crippen LogP contribution in [-0.4, -0.2) is 34.0 Å². The van der Waals surface area contributed by atoms with Crippen LogP contribution < -0.4 is 0 Å². The Morgan fingerprint density at radius 2 is 2.15 bits per heavy atom. The minimum Gasteiger partial charge on any atom is -0.480 e. The van der Waals surface area contributed by atoms with Crippen molar-refractivity contribution in [1.29, 1.82) is 0 Å². The first kappa shape index (κ1) is 12.7. The van der Waals surface area contributed by atoms with Gasteiger partial charge in [0.1, 0.15) is 11.3 Å². The molecule has 5 nitrogen and oxygen atoms in total. The van der Waals surface area contributed by atoms with Crippen LogP contribution in [0.4, 0.5) is 0 Å².